The first-order valence-corrected chi connectivity index (χ1v) is 5.56. The van der Waals surface area contributed by atoms with Gasteiger partial charge in [-0.15, -0.1) is 0 Å². The Hall–Kier alpha value is -1.59. The van der Waals surface area contributed by atoms with Gasteiger partial charge >= 0.3 is 0 Å². The van der Waals surface area contributed by atoms with Crippen molar-refractivity contribution < 1.29 is 8.78 Å². The molecule has 0 atom stereocenters. The summed E-state index contributed by atoms with van der Waals surface area (Å²) in [5.74, 6) is -2.39. The summed E-state index contributed by atoms with van der Waals surface area (Å²) in [4.78, 5) is 3.56. The van der Waals surface area contributed by atoms with Crippen LogP contribution < -0.4 is 11.1 Å². The summed E-state index contributed by atoms with van der Waals surface area (Å²) in [5, 5.41) is 3.34. The van der Waals surface area contributed by atoms with Crippen LogP contribution in [0.5, 0.6) is 0 Å². The molecule has 18 heavy (non-hydrogen) atoms. The zero-order valence-corrected chi connectivity index (χ0v) is 10.4. The van der Waals surface area contributed by atoms with Crippen molar-refractivity contribution in [3.8, 4) is 0 Å². The quantitative estimate of drug-likeness (QED) is 0.879. The van der Waals surface area contributed by atoms with E-state index >= 15 is 0 Å². The van der Waals surface area contributed by atoms with Gasteiger partial charge in [0, 0.05) is 11.1 Å². The number of benzene rings is 1. The van der Waals surface area contributed by atoms with Crippen molar-refractivity contribution >= 4 is 40.5 Å². The van der Waals surface area contributed by atoms with E-state index in [0.29, 0.717) is 16.8 Å². The van der Waals surface area contributed by atoms with Gasteiger partial charge in [0.2, 0.25) is 0 Å². The average molecular weight is 290 g/mol. The molecule has 1 aromatic heterocycles. The molecule has 0 aliphatic carbocycles. The number of nitrogens with one attached hydrogen (secondary N) is 1. The molecular weight excluding hydrogens is 283 g/mol. The Balaban J connectivity index is 2.37. The molecule has 0 amide bonds. The highest BCUT2D eigenvalue weighted by Crippen LogP contribution is 2.29. The molecule has 0 aliphatic rings. The predicted octanol–water partition coefficient (Wildman–Crippen LogP) is 3.99. The molecule has 3 nitrogen and oxygen atoms in total. The normalized spacial score (nSPS) is 10.4. The van der Waals surface area contributed by atoms with E-state index in [9.17, 15) is 8.78 Å². The summed E-state index contributed by atoms with van der Waals surface area (Å²) < 4.78 is 26.4. The van der Waals surface area contributed by atoms with Crippen molar-refractivity contribution in [1.82, 2.24) is 4.98 Å². The van der Waals surface area contributed by atoms with Crippen LogP contribution in [0.1, 0.15) is 0 Å². The van der Waals surface area contributed by atoms with Crippen LogP contribution in [0.3, 0.4) is 0 Å². The minimum absolute atomic E-state index is 0.210. The van der Waals surface area contributed by atoms with Gasteiger partial charge in [0.05, 0.1) is 10.7 Å². The fourth-order valence-corrected chi connectivity index (χ4v) is 1.74. The molecule has 1 aromatic carbocycles. The lowest BCUT2D eigenvalue weighted by molar-refractivity contribution is 0.581. The molecule has 0 radical (unpaired) electrons. The fraction of sp³-hybridized carbons (Fsp3) is 0. The zero-order chi connectivity index (χ0) is 13.3. The third-order valence-corrected chi connectivity index (χ3v) is 2.69. The highest BCUT2D eigenvalue weighted by atomic mass is 35.5. The van der Waals surface area contributed by atoms with E-state index in [1.165, 1.54) is 6.07 Å². The number of anilines is 3. The number of nitrogens with zero attached hydrogens (tertiary/aromatic N) is 1. The number of halogens is 4. The van der Waals surface area contributed by atoms with Crippen LogP contribution in [0.25, 0.3) is 0 Å². The van der Waals surface area contributed by atoms with Gasteiger partial charge in [-0.25, -0.2) is 13.8 Å². The molecule has 7 heteroatoms. The van der Waals surface area contributed by atoms with Crippen LogP contribution in [0.15, 0.2) is 24.3 Å². The summed E-state index contributed by atoms with van der Waals surface area (Å²) in [6, 6.07) is 5.25. The van der Waals surface area contributed by atoms with Crippen LogP contribution in [-0.4, -0.2) is 4.98 Å². The Morgan fingerprint density at radius 2 is 1.83 bits per heavy atom. The second-order valence-corrected chi connectivity index (χ2v) is 4.28. The van der Waals surface area contributed by atoms with E-state index in [4.69, 9.17) is 28.9 Å². The molecule has 0 unspecified atom stereocenters. The number of pyridine rings is 1. The third kappa shape index (κ3) is 2.63. The maximum atomic E-state index is 13.4. The standard InChI is InChI=1S/C11H7Cl2F2N3/c12-5-1-2-9(6(13)3-5)17-11-8(15)4-7(14)10(16)18-11/h1-4H,(H3,16,17,18). The molecule has 94 valence electrons. The Bertz CT molecular complexity index is 605. The van der Waals surface area contributed by atoms with E-state index in [0.717, 1.165) is 0 Å². The van der Waals surface area contributed by atoms with Gasteiger partial charge < -0.3 is 11.1 Å². The highest BCUT2D eigenvalue weighted by molar-refractivity contribution is 6.36. The number of nitrogen functional groups attached to an aromatic ring is 1. The van der Waals surface area contributed by atoms with Crippen LogP contribution in [0.4, 0.5) is 26.1 Å². The first-order valence-electron chi connectivity index (χ1n) is 4.81. The van der Waals surface area contributed by atoms with Gasteiger partial charge in [-0.3, -0.25) is 0 Å². The number of hydrogen-bond donors (Lipinski definition) is 2. The van der Waals surface area contributed by atoms with Crippen molar-refractivity contribution in [2.24, 2.45) is 0 Å². The molecule has 2 aromatic rings. The van der Waals surface area contributed by atoms with Crippen molar-refractivity contribution in [2.75, 3.05) is 11.1 Å². The summed E-state index contributed by atoms with van der Waals surface area (Å²) in [6.07, 6.45) is 0. The molecule has 0 saturated carbocycles. The topological polar surface area (TPSA) is 50.9 Å². The molecule has 0 aliphatic heterocycles. The smallest absolute Gasteiger partial charge is 0.169 e. The van der Waals surface area contributed by atoms with Gasteiger partial charge in [-0.1, -0.05) is 23.2 Å². The molecule has 3 N–H and O–H groups in total. The maximum Gasteiger partial charge on any atom is 0.169 e. The summed E-state index contributed by atoms with van der Waals surface area (Å²) in [6.45, 7) is 0. The largest absolute Gasteiger partial charge is 0.381 e. The predicted molar refractivity (Wildman–Crippen MR) is 68.3 cm³/mol. The van der Waals surface area contributed by atoms with Gasteiger partial charge in [0.1, 0.15) is 0 Å². The lowest BCUT2D eigenvalue weighted by atomic mass is 10.3. The molecule has 0 saturated heterocycles. The van der Waals surface area contributed by atoms with Gasteiger partial charge in [0.25, 0.3) is 0 Å². The third-order valence-electron chi connectivity index (χ3n) is 2.14. The van der Waals surface area contributed by atoms with Crippen LogP contribution in [0.2, 0.25) is 10.0 Å². The zero-order valence-electron chi connectivity index (χ0n) is 8.85. The molecule has 0 spiro atoms. The van der Waals surface area contributed by atoms with Crippen LogP contribution >= 0.6 is 23.2 Å². The molecule has 0 bridgehead atoms. The first-order chi connectivity index (χ1) is 8.47. The van der Waals surface area contributed by atoms with Crippen molar-refractivity contribution in [3.63, 3.8) is 0 Å². The second-order valence-electron chi connectivity index (χ2n) is 3.44. The molecule has 1 heterocycles. The van der Waals surface area contributed by atoms with Gasteiger partial charge in [-0.2, -0.15) is 0 Å². The Morgan fingerprint density at radius 3 is 2.50 bits per heavy atom. The monoisotopic (exact) mass is 289 g/mol. The van der Waals surface area contributed by atoms with Gasteiger partial charge in [0.15, 0.2) is 23.3 Å². The molecular formula is C11H7Cl2F2N3. The minimum atomic E-state index is -0.916. The molecule has 0 fully saturated rings. The Kier molecular flexibility index (Phi) is 3.54. The van der Waals surface area contributed by atoms with Crippen molar-refractivity contribution in [2.45, 2.75) is 0 Å². The summed E-state index contributed by atoms with van der Waals surface area (Å²) >= 11 is 11.6. The van der Waals surface area contributed by atoms with Crippen molar-refractivity contribution in [1.29, 1.82) is 0 Å². The van der Waals surface area contributed by atoms with E-state index in [-0.39, 0.29) is 10.8 Å². The van der Waals surface area contributed by atoms with Crippen LogP contribution in [0, 0.1) is 11.6 Å². The first kappa shape index (κ1) is 12.9. The highest BCUT2D eigenvalue weighted by Gasteiger charge is 2.11. The summed E-state index contributed by atoms with van der Waals surface area (Å²) in [5.41, 5.74) is 5.65. The number of rotatable bonds is 2. The lowest BCUT2D eigenvalue weighted by Crippen LogP contribution is -2.03. The fourth-order valence-electron chi connectivity index (χ4n) is 1.29. The minimum Gasteiger partial charge on any atom is -0.381 e. The van der Waals surface area contributed by atoms with Crippen LogP contribution in [-0.2, 0) is 0 Å². The Morgan fingerprint density at radius 1 is 1.11 bits per heavy atom. The molecule has 2 rings (SSSR count). The number of aromatic nitrogens is 1. The second kappa shape index (κ2) is 4.96. The van der Waals surface area contributed by atoms with E-state index in [2.05, 4.69) is 10.3 Å². The maximum absolute atomic E-state index is 13.4. The van der Waals surface area contributed by atoms with Crippen molar-refractivity contribution in [3.05, 3.63) is 45.9 Å². The lowest BCUT2D eigenvalue weighted by Gasteiger charge is -2.09. The van der Waals surface area contributed by atoms with E-state index in [1.807, 2.05) is 0 Å². The Labute approximate surface area is 112 Å². The SMILES string of the molecule is Nc1nc(Nc2ccc(Cl)cc2Cl)c(F)cc1F. The van der Waals surface area contributed by atoms with Gasteiger partial charge in [-0.05, 0) is 18.2 Å². The average Bonchev–Trinajstić information content (AvgIpc) is 2.29. The number of nitrogens with two attached hydrogens (primary N) is 1. The summed E-state index contributed by atoms with van der Waals surface area (Å²) in [7, 11) is 0. The number of hydrogen-bond acceptors (Lipinski definition) is 3. The van der Waals surface area contributed by atoms with E-state index in [1.54, 1.807) is 12.1 Å². The van der Waals surface area contributed by atoms with E-state index < -0.39 is 17.5 Å².